The van der Waals surface area contributed by atoms with E-state index in [0.29, 0.717) is 4.90 Å². The van der Waals surface area contributed by atoms with E-state index in [9.17, 15) is 24.0 Å². The predicted molar refractivity (Wildman–Crippen MR) is 131 cm³/mol. The van der Waals surface area contributed by atoms with E-state index < -0.39 is 65.3 Å². The van der Waals surface area contributed by atoms with Gasteiger partial charge in [0.25, 0.3) is 0 Å². The highest BCUT2D eigenvalue weighted by atomic mass is 32.2. The van der Waals surface area contributed by atoms with Crippen LogP contribution < -0.4 is 0 Å². The molecule has 0 radical (unpaired) electrons. The number of amides is 2. The lowest BCUT2D eigenvalue weighted by Gasteiger charge is -2.47. The first-order valence-corrected chi connectivity index (χ1v) is 12.4. The number of imide groups is 1. The Kier molecular flexibility index (Phi) is 10.5. The van der Waals surface area contributed by atoms with Crippen molar-refractivity contribution in [2.75, 3.05) is 6.61 Å². The maximum Gasteiger partial charge on any atom is 0.417 e. The van der Waals surface area contributed by atoms with E-state index in [4.69, 9.17) is 23.7 Å². The summed E-state index contributed by atoms with van der Waals surface area (Å²) in [6.07, 6.45) is -4.76. The van der Waals surface area contributed by atoms with Crippen LogP contribution in [-0.4, -0.2) is 76.8 Å². The second kappa shape index (κ2) is 12.9. The molecule has 1 fully saturated rings. The Morgan fingerprint density at radius 3 is 1.95 bits per heavy atom. The molecule has 1 aliphatic rings. The third-order valence-electron chi connectivity index (χ3n) is 4.89. The highest BCUT2D eigenvalue weighted by molar-refractivity contribution is 7.99. The molecule has 1 aromatic rings. The summed E-state index contributed by atoms with van der Waals surface area (Å²) in [5.41, 5.74) is -1.98. The van der Waals surface area contributed by atoms with Crippen molar-refractivity contribution >= 4 is 41.7 Å². The van der Waals surface area contributed by atoms with Crippen molar-refractivity contribution in [1.29, 1.82) is 0 Å². The number of ether oxygens (including phenoxy) is 5. The van der Waals surface area contributed by atoms with Crippen LogP contribution in [0.2, 0.25) is 0 Å². The number of benzene rings is 1. The second-order valence-electron chi connectivity index (χ2n) is 9.28. The van der Waals surface area contributed by atoms with Gasteiger partial charge in [-0.05, 0) is 32.9 Å². The Hall–Kier alpha value is -3.12. The van der Waals surface area contributed by atoms with Gasteiger partial charge in [-0.3, -0.25) is 19.2 Å². The lowest BCUT2D eigenvalue weighted by atomic mass is 9.96. The smallest absolute Gasteiger partial charge is 0.417 e. The van der Waals surface area contributed by atoms with Crippen LogP contribution in [0, 0.1) is 0 Å². The van der Waals surface area contributed by atoms with Crippen LogP contribution in [0.5, 0.6) is 0 Å². The highest BCUT2D eigenvalue weighted by Crippen LogP contribution is 2.39. The van der Waals surface area contributed by atoms with Crippen molar-refractivity contribution in [1.82, 2.24) is 4.90 Å². The minimum Gasteiger partial charge on any atom is -0.463 e. The van der Waals surface area contributed by atoms with Crippen molar-refractivity contribution in [3.05, 3.63) is 30.3 Å². The van der Waals surface area contributed by atoms with Gasteiger partial charge >= 0.3 is 24.0 Å². The molecule has 11 nitrogen and oxygen atoms in total. The molecule has 0 unspecified atom stereocenters. The van der Waals surface area contributed by atoms with E-state index in [1.807, 2.05) is 6.07 Å². The molecule has 0 spiro atoms. The van der Waals surface area contributed by atoms with Crippen LogP contribution >= 0.6 is 11.8 Å². The average Bonchev–Trinajstić information content (AvgIpc) is 2.74. The fourth-order valence-corrected chi connectivity index (χ4v) is 4.86. The van der Waals surface area contributed by atoms with Gasteiger partial charge in [-0.25, -0.2) is 9.69 Å². The summed E-state index contributed by atoms with van der Waals surface area (Å²) < 4.78 is 27.8. The van der Waals surface area contributed by atoms with Crippen LogP contribution in [0.3, 0.4) is 0 Å². The third kappa shape index (κ3) is 9.04. The molecule has 204 valence electrons. The van der Waals surface area contributed by atoms with Gasteiger partial charge in [-0.2, -0.15) is 0 Å². The molecule has 0 N–H and O–H groups in total. The molecule has 0 bridgehead atoms. The standard InChI is InChI=1S/C25H33NO10S/c1-14(27)26(24(31)36-25(5,6)7)20-22(34-17(4)30)21(33-16(3)29)19(13-32-15(2)28)35-23(20)37-18-11-9-8-10-12-18/h8-12,19-23H,13H2,1-7H3/t19-,20-,21-,22-,23+/m1/s1. The SMILES string of the molecule is CC(=O)OC[C@H]1O[C@@H](Sc2ccccc2)[C@H](N(C(C)=O)C(=O)OC(C)(C)C)[C@@H](OC(C)=O)[C@@H]1OC(C)=O. The maximum atomic E-state index is 13.3. The van der Waals surface area contributed by atoms with Crippen LogP contribution in [-0.2, 0) is 42.9 Å². The Morgan fingerprint density at radius 2 is 1.46 bits per heavy atom. The quantitative estimate of drug-likeness (QED) is 0.374. The van der Waals surface area contributed by atoms with Gasteiger partial charge in [0.1, 0.15) is 29.8 Å². The lowest BCUT2D eigenvalue weighted by molar-refractivity contribution is -0.220. The van der Waals surface area contributed by atoms with Crippen LogP contribution in [0.1, 0.15) is 48.5 Å². The van der Waals surface area contributed by atoms with Crippen molar-refractivity contribution < 1.29 is 47.7 Å². The number of carbonyl (C=O) groups excluding carboxylic acids is 5. The molecule has 0 saturated carbocycles. The van der Waals surface area contributed by atoms with E-state index in [1.165, 1.54) is 6.92 Å². The summed E-state index contributed by atoms with van der Waals surface area (Å²) in [4.78, 5) is 63.4. The van der Waals surface area contributed by atoms with E-state index in [2.05, 4.69) is 0 Å². The third-order valence-corrected chi connectivity index (χ3v) is 6.06. The Bertz CT molecular complexity index is 993. The van der Waals surface area contributed by atoms with Crippen LogP contribution in [0.25, 0.3) is 0 Å². The molecule has 1 aromatic carbocycles. The maximum absolute atomic E-state index is 13.3. The topological polar surface area (TPSA) is 135 Å². The summed E-state index contributed by atoms with van der Waals surface area (Å²) in [5, 5.41) is 0. The molecular formula is C25H33NO10S. The van der Waals surface area contributed by atoms with Crippen molar-refractivity contribution in [2.45, 2.75) is 88.8 Å². The van der Waals surface area contributed by atoms with E-state index >= 15 is 0 Å². The number of rotatable bonds is 7. The largest absolute Gasteiger partial charge is 0.463 e. The summed E-state index contributed by atoms with van der Waals surface area (Å²) in [6, 6.07) is 7.69. The lowest BCUT2D eigenvalue weighted by Crippen LogP contribution is -2.67. The number of esters is 3. The van der Waals surface area contributed by atoms with Gasteiger partial charge < -0.3 is 23.7 Å². The fourth-order valence-electron chi connectivity index (χ4n) is 3.66. The van der Waals surface area contributed by atoms with E-state index in [-0.39, 0.29) is 6.61 Å². The Balaban J connectivity index is 2.67. The molecule has 2 amide bonds. The number of hydrogen-bond donors (Lipinski definition) is 0. The predicted octanol–water partition coefficient (Wildman–Crippen LogP) is 3.08. The summed E-state index contributed by atoms with van der Waals surface area (Å²) in [5.74, 6) is -2.81. The first kappa shape index (κ1) is 30.1. The molecule has 2 rings (SSSR count). The average molecular weight is 540 g/mol. The van der Waals surface area contributed by atoms with Crippen molar-refractivity contribution in [3.8, 4) is 0 Å². The first-order chi connectivity index (χ1) is 17.2. The molecular weight excluding hydrogens is 506 g/mol. The monoisotopic (exact) mass is 539 g/mol. The molecule has 5 atom stereocenters. The van der Waals surface area contributed by atoms with E-state index in [0.717, 1.165) is 37.4 Å². The zero-order valence-electron chi connectivity index (χ0n) is 21.9. The second-order valence-corrected chi connectivity index (χ2v) is 10.5. The zero-order valence-corrected chi connectivity index (χ0v) is 22.7. The van der Waals surface area contributed by atoms with Crippen molar-refractivity contribution in [2.24, 2.45) is 0 Å². The molecule has 0 aliphatic carbocycles. The van der Waals surface area contributed by atoms with Crippen LogP contribution in [0.15, 0.2) is 35.2 Å². The molecule has 0 aromatic heterocycles. The molecule has 1 aliphatic heterocycles. The summed E-state index contributed by atoms with van der Waals surface area (Å²) in [7, 11) is 0. The van der Waals surface area contributed by atoms with Gasteiger partial charge in [0, 0.05) is 32.6 Å². The molecule has 37 heavy (non-hydrogen) atoms. The molecule has 1 saturated heterocycles. The zero-order chi connectivity index (χ0) is 27.9. The summed E-state index contributed by atoms with van der Waals surface area (Å²) >= 11 is 1.15. The normalized spacial score (nSPS) is 23.4. The Labute approximate surface area is 220 Å². The number of carbonyl (C=O) groups is 5. The number of nitrogens with zero attached hydrogens (tertiary/aromatic N) is 1. The van der Waals surface area contributed by atoms with Gasteiger partial charge in [0.15, 0.2) is 12.2 Å². The minimum atomic E-state index is -1.37. The number of hydrogen-bond acceptors (Lipinski definition) is 11. The highest BCUT2D eigenvalue weighted by Gasteiger charge is 2.55. The van der Waals surface area contributed by atoms with E-state index in [1.54, 1.807) is 45.0 Å². The summed E-state index contributed by atoms with van der Waals surface area (Å²) in [6.45, 7) is 9.21. The van der Waals surface area contributed by atoms with Gasteiger partial charge in [0.05, 0.1) is 0 Å². The van der Waals surface area contributed by atoms with Gasteiger partial charge in [-0.1, -0.05) is 30.0 Å². The molecule has 1 heterocycles. The van der Waals surface area contributed by atoms with Gasteiger partial charge in [0.2, 0.25) is 5.91 Å². The van der Waals surface area contributed by atoms with Gasteiger partial charge in [-0.15, -0.1) is 0 Å². The first-order valence-electron chi connectivity index (χ1n) is 11.6. The minimum absolute atomic E-state index is 0.337. The number of thioether (sulfide) groups is 1. The fraction of sp³-hybridized carbons (Fsp3) is 0.560. The molecule has 12 heteroatoms. The van der Waals surface area contributed by atoms with Crippen LogP contribution in [0.4, 0.5) is 4.79 Å². The van der Waals surface area contributed by atoms with Crippen molar-refractivity contribution in [3.63, 3.8) is 0 Å². The Morgan fingerprint density at radius 1 is 0.892 bits per heavy atom.